The molecule has 1 atom stereocenters. The highest BCUT2D eigenvalue weighted by atomic mass is 16.5. The largest absolute Gasteiger partial charge is 0.491 e. The quantitative estimate of drug-likeness (QED) is 0.881. The second kappa shape index (κ2) is 4.61. The number of nitrogens with one attached hydrogen (secondary N) is 1. The lowest BCUT2D eigenvalue weighted by atomic mass is 10.1. The third-order valence-corrected chi connectivity index (χ3v) is 3.04. The Morgan fingerprint density at radius 2 is 2.16 bits per heavy atom. The summed E-state index contributed by atoms with van der Waals surface area (Å²) in [6.45, 7) is 0.479. The molecule has 1 unspecified atom stereocenters. The van der Waals surface area contributed by atoms with E-state index in [2.05, 4.69) is 10.3 Å². The molecule has 19 heavy (non-hydrogen) atoms. The SMILES string of the molecule is O=C(O)c1ncccc1NC1COc2ccccc21. The van der Waals surface area contributed by atoms with Crippen molar-refractivity contribution in [1.29, 1.82) is 0 Å². The van der Waals surface area contributed by atoms with Crippen LogP contribution in [-0.2, 0) is 0 Å². The molecular weight excluding hydrogens is 244 g/mol. The van der Waals surface area contributed by atoms with E-state index >= 15 is 0 Å². The van der Waals surface area contributed by atoms with E-state index in [1.807, 2.05) is 24.3 Å². The summed E-state index contributed by atoms with van der Waals surface area (Å²) in [5, 5.41) is 12.3. The second-order valence-electron chi connectivity index (χ2n) is 4.25. The predicted molar refractivity (Wildman–Crippen MR) is 69.5 cm³/mol. The van der Waals surface area contributed by atoms with Gasteiger partial charge in [0.1, 0.15) is 12.4 Å². The Kier molecular flexibility index (Phi) is 2.79. The second-order valence-corrected chi connectivity index (χ2v) is 4.25. The number of aromatic carboxylic acids is 1. The molecule has 2 N–H and O–H groups in total. The van der Waals surface area contributed by atoms with Crippen LogP contribution in [-0.4, -0.2) is 22.7 Å². The minimum absolute atomic E-state index is 0.0203. The fraction of sp³-hybridized carbons (Fsp3) is 0.143. The van der Waals surface area contributed by atoms with Gasteiger partial charge in [-0.25, -0.2) is 9.78 Å². The van der Waals surface area contributed by atoms with E-state index in [-0.39, 0.29) is 11.7 Å². The van der Waals surface area contributed by atoms with Crippen molar-refractivity contribution < 1.29 is 14.6 Å². The lowest BCUT2D eigenvalue weighted by Crippen LogP contribution is -2.15. The molecule has 0 amide bonds. The van der Waals surface area contributed by atoms with Gasteiger partial charge < -0.3 is 15.2 Å². The van der Waals surface area contributed by atoms with E-state index in [9.17, 15) is 4.79 Å². The average molecular weight is 256 g/mol. The van der Waals surface area contributed by atoms with Crippen molar-refractivity contribution in [1.82, 2.24) is 4.98 Å². The van der Waals surface area contributed by atoms with Gasteiger partial charge in [-0.1, -0.05) is 18.2 Å². The Morgan fingerprint density at radius 3 is 3.00 bits per heavy atom. The number of anilines is 1. The van der Waals surface area contributed by atoms with Gasteiger partial charge in [0, 0.05) is 11.8 Å². The van der Waals surface area contributed by atoms with Crippen molar-refractivity contribution in [2.45, 2.75) is 6.04 Å². The Hall–Kier alpha value is -2.56. The van der Waals surface area contributed by atoms with Crippen LogP contribution in [0.15, 0.2) is 42.6 Å². The smallest absolute Gasteiger partial charge is 0.356 e. The van der Waals surface area contributed by atoms with E-state index in [1.165, 1.54) is 6.20 Å². The van der Waals surface area contributed by atoms with Crippen LogP contribution >= 0.6 is 0 Å². The summed E-state index contributed by atoms with van der Waals surface area (Å²) in [6, 6.07) is 11.1. The summed E-state index contributed by atoms with van der Waals surface area (Å²) in [6.07, 6.45) is 1.47. The third-order valence-electron chi connectivity index (χ3n) is 3.04. The van der Waals surface area contributed by atoms with Crippen LogP contribution in [0.4, 0.5) is 5.69 Å². The highest BCUT2D eigenvalue weighted by Crippen LogP contribution is 2.34. The van der Waals surface area contributed by atoms with Crippen LogP contribution in [0.5, 0.6) is 5.75 Å². The van der Waals surface area contributed by atoms with E-state index < -0.39 is 5.97 Å². The number of nitrogens with zero attached hydrogens (tertiary/aromatic N) is 1. The van der Waals surface area contributed by atoms with Gasteiger partial charge in [0.05, 0.1) is 11.7 Å². The van der Waals surface area contributed by atoms with Gasteiger partial charge in [0.15, 0.2) is 5.69 Å². The van der Waals surface area contributed by atoms with Crippen LogP contribution in [0.3, 0.4) is 0 Å². The number of para-hydroxylation sites is 1. The van der Waals surface area contributed by atoms with Crippen molar-refractivity contribution in [3.05, 3.63) is 53.9 Å². The number of aromatic nitrogens is 1. The maximum Gasteiger partial charge on any atom is 0.356 e. The van der Waals surface area contributed by atoms with Crippen molar-refractivity contribution in [3.8, 4) is 5.75 Å². The molecule has 96 valence electrons. The first kappa shape index (κ1) is 11.5. The molecule has 2 aromatic rings. The molecule has 0 radical (unpaired) electrons. The average Bonchev–Trinajstić information content (AvgIpc) is 2.83. The van der Waals surface area contributed by atoms with Crippen molar-refractivity contribution in [2.24, 2.45) is 0 Å². The molecule has 1 aromatic carbocycles. The zero-order valence-electron chi connectivity index (χ0n) is 10.0. The topological polar surface area (TPSA) is 71.5 Å². The number of carbonyl (C=O) groups is 1. The minimum Gasteiger partial charge on any atom is -0.491 e. The molecule has 5 heteroatoms. The molecule has 0 fully saturated rings. The molecule has 0 bridgehead atoms. The first-order valence-corrected chi connectivity index (χ1v) is 5.92. The highest BCUT2D eigenvalue weighted by molar-refractivity contribution is 5.91. The standard InChI is InChI=1S/C14H12N2O3/c17-14(18)13-10(5-3-7-15-13)16-11-8-19-12-6-2-1-4-9(11)12/h1-7,11,16H,8H2,(H,17,18). The lowest BCUT2D eigenvalue weighted by molar-refractivity contribution is 0.0691. The van der Waals surface area contributed by atoms with Crippen molar-refractivity contribution in [3.63, 3.8) is 0 Å². The van der Waals surface area contributed by atoms with Gasteiger partial charge in [-0.15, -0.1) is 0 Å². The summed E-state index contributed by atoms with van der Waals surface area (Å²) in [7, 11) is 0. The molecule has 1 aromatic heterocycles. The molecule has 3 rings (SSSR count). The molecule has 0 saturated heterocycles. The summed E-state index contributed by atoms with van der Waals surface area (Å²) in [4.78, 5) is 15.0. The Bertz CT molecular complexity index is 628. The Morgan fingerprint density at radius 1 is 1.32 bits per heavy atom. The predicted octanol–water partition coefficient (Wildman–Crippen LogP) is 2.33. The molecule has 0 spiro atoms. The number of rotatable bonds is 3. The summed E-state index contributed by atoms with van der Waals surface area (Å²) < 4.78 is 5.55. The number of carboxylic acid groups (broad SMARTS) is 1. The first-order chi connectivity index (χ1) is 9.25. The van der Waals surface area contributed by atoms with Gasteiger partial charge in [0.2, 0.25) is 0 Å². The zero-order valence-corrected chi connectivity index (χ0v) is 10.0. The van der Waals surface area contributed by atoms with Crippen LogP contribution in [0.25, 0.3) is 0 Å². The number of hydrogen-bond acceptors (Lipinski definition) is 4. The molecular formula is C14H12N2O3. The van der Waals surface area contributed by atoms with Crippen LogP contribution < -0.4 is 10.1 Å². The van der Waals surface area contributed by atoms with E-state index in [4.69, 9.17) is 9.84 Å². The maximum absolute atomic E-state index is 11.1. The molecule has 0 saturated carbocycles. The van der Waals surface area contributed by atoms with Crippen molar-refractivity contribution >= 4 is 11.7 Å². The molecule has 5 nitrogen and oxygen atoms in total. The summed E-state index contributed by atoms with van der Waals surface area (Å²) >= 11 is 0. The molecule has 1 aliphatic heterocycles. The van der Waals surface area contributed by atoms with Gasteiger partial charge in [-0.2, -0.15) is 0 Å². The number of benzene rings is 1. The summed E-state index contributed by atoms with van der Waals surface area (Å²) in [5.74, 6) is -0.212. The zero-order chi connectivity index (χ0) is 13.2. The normalized spacial score (nSPS) is 16.5. The number of ether oxygens (including phenoxy) is 1. The maximum atomic E-state index is 11.1. The lowest BCUT2D eigenvalue weighted by Gasteiger charge is -2.14. The summed E-state index contributed by atoms with van der Waals surface area (Å²) in [5.41, 5.74) is 1.55. The fourth-order valence-electron chi connectivity index (χ4n) is 2.16. The third kappa shape index (κ3) is 2.10. The highest BCUT2D eigenvalue weighted by Gasteiger charge is 2.24. The molecule has 0 aliphatic carbocycles. The first-order valence-electron chi connectivity index (χ1n) is 5.92. The van der Waals surface area contributed by atoms with E-state index in [0.29, 0.717) is 12.3 Å². The number of fused-ring (bicyclic) bond motifs is 1. The van der Waals surface area contributed by atoms with E-state index in [0.717, 1.165) is 11.3 Å². The Labute approximate surface area is 109 Å². The van der Waals surface area contributed by atoms with Gasteiger partial charge in [0.25, 0.3) is 0 Å². The molecule has 2 heterocycles. The number of pyridine rings is 1. The van der Waals surface area contributed by atoms with Gasteiger partial charge in [-0.3, -0.25) is 0 Å². The minimum atomic E-state index is -1.05. The number of hydrogen-bond donors (Lipinski definition) is 2. The van der Waals surface area contributed by atoms with Gasteiger partial charge in [-0.05, 0) is 18.2 Å². The fourth-order valence-corrected chi connectivity index (χ4v) is 2.16. The van der Waals surface area contributed by atoms with Gasteiger partial charge >= 0.3 is 5.97 Å². The van der Waals surface area contributed by atoms with E-state index in [1.54, 1.807) is 12.1 Å². The monoisotopic (exact) mass is 256 g/mol. The van der Waals surface area contributed by atoms with Crippen LogP contribution in [0.1, 0.15) is 22.1 Å². The van der Waals surface area contributed by atoms with Crippen LogP contribution in [0, 0.1) is 0 Å². The Balaban J connectivity index is 1.90. The van der Waals surface area contributed by atoms with Crippen molar-refractivity contribution in [2.75, 3.05) is 11.9 Å². The number of carboxylic acids is 1. The van der Waals surface area contributed by atoms with Crippen LogP contribution in [0.2, 0.25) is 0 Å². The molecule has 1 aliphatic rings.